The minimum atomic E-state index is 0.132. The summed E-state index contributed by atoms with van der Waals surface area (Å²) in [5.74, 6) is 1.35. The first-order valence-electron chi connectivity index (χ1n) is 7.46. The molecule has 0 spiro atoms. The lowest BCUT2D eigenvalue weighted by molar-refractivity contribution is 0.232. The van der Waals surface area contributed by atoms with Gasteiger partial charge in [-0.3, -0.25) is 0 Å². The molecule has 3 aromatic rings. The lowest BCUT2D eigenvalue weighted by atomic mass is 10.2. The van der Waals surface area contributed by atoms with E-state index in [9.17, 15) is 0 Å². The van der Waals surface area contributed by atoms with E-state index >= 15 is 0 Å². The molecular formula is C16H16N6O. The Hall–Kier alpha value is -2.96. The summed E-state index contributed by atoms with van der Waals surface area (Å²) in [7, 11) is 0. The Morgan fingerprint density at radius 3 is 2.78 bits per heavy atom. The summed E-state index contributed by atoms with van der Waals surface area (Å²) < 4.78 is 7.98. The van der Waals surface area contributed by atoms with Crippen LogP contribution in [-0.2, 0) is 6.54 Å². The second kappa shape index (κ2) is 6.04. The number of fused-ring (bicyclic) bond motifs is 1. The van der Waals surface area contributed by atoms with Gasteiger partial charge in [0, 0.05) is 37.4 Å². The van der Waals surface area contributed by atoms with Crippen LogP contribution in [0.25, 0.3) is 0 Å². The number of rotatable bonds is 4. The fraction of sp³-hybridized carbons (Fsp3) is 0.250. The predicted octanol–water partition coefficient (Wildman–Crippen LogP) is 1.71. The molecule has 1 aliphatic heterocycles. The van der Waals surface area contributed by atoms with Crippen molar-refractivity contribution in [2.24, 2.45) is 0 Å². The van der Waals surface area contributed by atoms with Crippen LogP contribution in [0.1, 0.15) is 11.7 Å². The third-order valence-corrected chi connectivity index (χ3v) is 3.82. The van der Waals surface area contributed by atoms with E-state index in [1.807, 2.05) is 36.8 Å². The maximum atomic E-state index is 5.83. The van der Waals surface area contributed by atoms with Crippen LogP contribution in [-0.4, -0.2) is 37.7 Å². The highest BCUT2D eigenvalue weighted by Gasteiger charge is 2.27. The van der Waals surface area contributed by atoms with Crippen LogP contribution in [0.5, 0.6) is 5.88 Å². The molecule has 0 radical (unpaired) electrons. The lowest BCUT2D eigenvalue weighted by Gasteiger charge is -2.34. The normalized spacial score (nSPS) is 16.9. The van der Waals surface area contributed by atoms with Crippen molar-refractivity contribution >= 4 is 5.95 Å². The summed E-state index contributed by atoms with van der Waals surface area (Å²) in [6.07, 6.45) is 8.97. The Bertz CT molecular complexity index is 761. The Balaban J connectivity index is 1.54. The molecule has 0 amide bonds. The highest BCUT2D eigenvalue weighted by atomic mass is 16.5. The molecule has 0 N–H and O–H groups in total. The van der Waals surface area contributed by atoms with Gasteiger partial charge in [-0.25, -0.2) is 19.9 Å². The average Bonchev–Trinajstić information content (AvgIpc) is 3.10. The molecule has 7 heteroatoms. The van der Waals surface area contributed by atoms with E-state index in [2.05, 4.69) is 29.4 Å². The zero-order valence-electron chi connectivity index (χ0n) is 12.5. The van der Waals surface area contributed by atoms with E-state index in [4.69, 9.17) is 4.74 Å². The quantitative estimate of drug-likeness (QED) is 0.731. The van der Waals surface area contributed by atoms with E-state index in [-0.39, 0.29) is 6.04 Å². The smallest absolute Gasteiger partial charge is 0.225 e. The van der Waals surface area contributed by atoms with Gasteiger partial charge in [0.25, 0.3) is 0 Å². The molecule has 116 valence electrons. The molecule has 0 bridgehead atoms. The number of anilines is 1. The average molecular weight is 308 g/mol. The Morgan fingerprint density at radius 2 is 1.96 bits per heavy atom. The van der Waals surface area contributed by atoms with Crippen molar-refractivity contribution in [2.75, 3.05) is 18.1 Å². The topological polar surface area (TPSA) is 69.0 Å². The molecule has 0 fully saturated rings. The third-order valence-electron chi connectivity index (χ3n) is 3.82. The standard InChI is InChI=1S/C16H16N6O/c1-2-5-18-15(4-1)23-11-14-10-21(16-19-6-3-7-20-16)9-13-8-17-12-22(13)14/h1-8,12,14H,9-11H2/t14-/m0/s1. The molecule has 23 heavy (non-hydrogen) atoms. The van der Waals surface area contributed by atoms with Gasteiger partial charge >= 0.3 is 0 Å². The van der Waals surface area contributed by atoms with Crippen molar-refractivity contribution < 1.29 is 4.74 Å². The zero-order chi connectivity index (χ0) is 15.5. The van der Waals surface area contributed by atoms with Crippen molar-refractivity contribution in [2.45, 2.75) is 12.6 Å². The molecule has 1 atom stereocenters. The van der Waals surface area contributed by atoms with Gasteiger partial charge in [0.05, 0.1) is 24.6 Å². The first kappa shape index (κ1) is 13.7. The number of aromatic nitrogens is 5. The third kappa shape index (κ3) is 2.85. The Morgan fingerprint density at radius 1 is 1.09 bits per heavy atom. The maximum absolute atomic E-state index is 5.83. The van der Waals surface area contributed by atoms with Crippen LogP contribution >= 0.6 is 0 Å². The molecule has 3 aromatic heterocycles. The van der Waals surface area contributed by atoms with Gasteiger partial charge in [-0.1, -0.05) is 6.07 Å². The van der Waals surface area contributed by atoms with Crippen LogP contribution in [0.3, 0.4) is 0 Å². The minimum absolute atomic E-state index is 0.132. The van der Waals surface area contributed by atoms with Gasteiger partial charge in [0.2, 0.25) is 11.8 Å². The largest absolute Gasteiger partial charge is 0.475 e. The lowest BCUT2D eigenvalue weighted by Crippen LogP contribution is -2.40. The van der Waals surface area contributed by atoms with Crippen LogP contribution in [0, 0.1) is 0 Å². The minimum Gasteiger partial charge on any atom is -0.475 e. The van der Waals surface area contributed by atoms with E-state index < -0.39 is 0 Å². The van der Waals surface area contributed by atoms with E-state index in [0.717, 1.165) is 24.7 Å². The van der Waals surface area contributed by atoms with E-state index in [0.29, 0.717) is 12.5 Å². The first-order chi connectivity index (χ1) is 11.4. The van der Waals surface area contributed by atoms with E-state index in [1.165, 1.54) is 0 Å². The summed E-state index contributed by atoms with van der Waals surface area (Å²) in [5, 5.41) is 0. The predicted molar refractivity (Wildman–Crippen MR) is 84.1 cm³/mol. The highest BCUT2D eigenvalue weighted by molar-refractivity contribution is 5.32. The Labute approximate surface area is 133 Å². The maximum Gasteiger partial charge on any atom is 0.225 e. The summed E-state index contributed by atoms with van der Waals surface area (Å²) in [5.41, 5.74) is 1.12. The fourth-order valence-corrected chi connectivity index (χ4v) is 2.74. The molecule has 0 aromatic carbocycles. The molecule has 1 aliphatic rings. The van der Waals surface area contributed by atoms with Crippen LogP contribution in [0.2, 0.25) is 0 Å². The van der Waals surface area contributed by atoms with Gasteiger partial charge in [-0.2, -0.15) is 0 Å². The van der Waals surface area contributed by atoms with Gasteiger partial charge in [-0.05, 0) is 12.1 Å². The highest BCUT2D eigenvalue weighted by Crippen LogP contribution is 2.24. The second-order valence-corrected chi connectivity index (χ2v) is 5.35. The summed E-state index contributed by atoms with van der Waals surface area (Å²) >= 11 is 0. The molecule has 7 nitrogen and oxygen atoms in total. The number of hydrogen-bond acceptors (Lipinski definition) is 6. The number of hydrogen-bond donors (Lipinski definition) is 0. The summed E-state index contributed by atoms with van der Waals surface area (Å²) in [6, 6.07) is 7.59. The van der Waals surface area contributed by atoms with Gasteiger partial charge in [0.1, 0.15) is 6.61 Å². The molecule has 0 aliphatic carbocycles. The number of pyridine rings is 1. The van der Waals surface area contributed by atoms with Crippen molar-refractivity contribution in [1.82, 2.24) is 24.5 Å². The Kier molecular flexibility index (Phi) is 3.59. The molecule has 0 saturated heterocycles. The van der Waals surface area contributed by atoms with Gasteiger partial charge < -0.3 is 14.2 Å². The monoisotopic (exact) mass is 308 g/mol. The van der Waals surface area contributed by atoms with Crippen LogP contribution in [0.15, 0.2) is 55.4 Å². The number of ether oxygens (including phenoxy) is 1. The summed E-state index contributed by atoms with van der Waals surface area (Å²) in [6.45, 7) is 2.02. The van der Waals surface area contributed by atoms with Crippen LogP contribution < -0.4 is 9.64 Å². The molecule has 0 unspecified atom stereocenters. The van der Waals surface area contributed by atoms with Gasteiger partial charge in [-0.15, -0.1) is 0 Å². The fourth-order valence-electron chi connectivity index (χ4n) is 2.74. The number of imidazole rings is 1. The molecule has 4 rings (SSSR count). The van der Waals surface area contributed by atoms with Crippen molar-refractivity contribution in [3.05, 3.63) is 61.1 Å². The summed E-state index contributed by atoms with van der Waals surface area (Å²) in [4.78, 5) is 19.3. The van der Waals surface area contributed by atoms with E-state index in [1.54, 1.807) is 18.6 Å². The van der Waals surface area contributed by atoms with Crippen LogP contribution in [0.4, 0.5) is 5.95 Å². The SMILES string of the molecule is c1ccc(OC[C@@H]2CN(c3ncccn3)Cc3cncn32)nc1. The first-order valence-corrected chi connectivity index (χ1v) is 7.46. The second-order valence-electron chi connectivity index (χ2n) is 5.35. The zero-order valence-corrected chi connectivity index (χ0v) is 12.5. The van der Waals surface area contributed by atoms with Gasteiger partial charge in [0.15, 0.2) is 0 Å². The van der Waals surface area contributed by atoms with Crippen molar-refractivity contribution in [3.8, 4) is 5.88 Å². The van der Waals surface area contributed by atoms with Crippen molar-refractivity contribution in [3.63, 3.8) is 0 Å². The molecule has 0 saturated carbocycles. The van der Waals surface area contributed by atoms with Crippen molar-refractivity contribution in [1.29, 1.82) is 0 Å². The molecular weight excluding hydrogens is 292 g/mol. The number of nitrogens with zero attached hydrogens (tertiary/aromatic N) is 6. The molecule has 4 heterocycles.